The van der Waals surface area contributed by atoms with E-state index in [1.807, 2.05) is 6.07 Å². The van der Waals surface area contributed by atoms with Crippen LogP contribution in [0.15, 0.2) is 60.2 Å². The Balaban J connectivity index is 1.32. The first-order valence-corrected chi connectivity index (χ1v) is 9.70. The van der Waals surface area contributed by atoms with E-state index >= 15 is 0 Å². The van der Waals surface area contributed by atoms with Gasteiger partial charge in [-0.3, -0.25) is 19.4 Å². The summed E-state index contributed by atoms with van der Waals surface area (Å²) < 4.78 is 0. The van der Waals surface area contributed by atoms with Crippen LogP contribution in [-0.4, -0.2) is 52.3 Å². The fourth-order valence-electron chi connectivity index (χ4n) is 3.88. The molecular formula is C23H22N2O4. The second kappa shape index (κ2) is 8.01. The van der Waals surface area contributed by atoms with Crippen LogP contribution in [0.25, 0.3) is 0 Å². The number of benzene rings is 2. The molecule has 0 saturated heterocycles. The van der Waals surface area contributed by atoms with Crippen molar-refractivity contribution in [1.29, 1.82) is 0 Å². The normalized spacial score (nSPS) is 16.7. The van der Waals surface area contributed by atoms with Crippen molar-refractivity contribution >= 4 is 17.8 Å². The van der Waals surface area contributed by atoms with Crippen molar-refractivity contribution in [2.75, 3.05) is 19.6 Å². The molecule has 0 atom stereocenters. The molecule has 0 unspecified atom stereocenters. The first-order valence-electron chi connectivity index (χ1n) is 9.70. The van der Waals surface area contributed by atoms with E-state index in [0.717, 1.165) is 25.1 Å². The van der Waals surface area contributed by atoms with Crippen LogP contribution in [0.2, 0.25) is 0 Å². The monoisotopic (exact) mass is 390 g/mol. The van der Waals surface area contributed by atoms with Gasteiger partial charge in [0.05, 0.1) is 16.7 Å². The van der Waals surface area contributed by atoms with E-state index in [-0.39, 0.29) is 11.8 Å². The molecule has 1 N–H and O–H groups in total. The maximum atomic E-state index is 12.4. The van der Waals surface area contributed by atoms with Gasteiger partial charge in [-0.05, 0) is 42.7 Å². The third-order valence-electron chi connectivity index (χ3n) is 5.50. The molecule has 4 rings (SSSR count). The van der Waals surface area contributed by atoms with E-state index in [0.29, 0.717) is 36.2 Å². The SMILES string of the molecule is O=C(O)c1cccc(CN2CC=C(CCN3C(=O)c4ccccc4C3=O)CC2)c1. The summed E-state index contributed by atoms with van der Waals surface area (Å²) in [6.07, 6.45) is 3.72. The number of carboxylic acid groups (broad SMARTS) is 1. The molecular weight excluding hydrogens is 368 g/mol. The van der Waals surface area contributed by atoms with Gasteiger partial charge in [0.25, 0.3) is 11.8 Å². The molecule has 2 aromatic rings. The molecule has 0 radical (unpaired) electrons. The van der Waals surface area contributed by atoms with Crippen LogP contribution in [0.5, 0.6) is 0 Å². The fourth-order valence-corrected chi connectivity index (χ4v) is 3.88. The zero-order valence-electron chi connectivity index (χ0n) is 16.0. The van der Waals surface area contributed by atoms with Crippen LogP contribution < -0.4 is 0 Å². The number of hydrogen-bond acceptors (Lipinski definition) is 4. The lowest BCUT2D eigenvalue weighted by Crippen LogP contribution is -2.32. The maximum Gasteiger partial charge on any atom is 0.335 e. The Morgan fingerprint density at radius 1 is 1.00 bits per heavy atom. The van der Waals surface area contributed by atoms with Gasteiger partial charge in [-0.2, -0.15) is 0 Å². The first-order chi connectivity index (χ1) is 14.0. The number of carboxylic acids is 1. The molecule has 6 nitrogen and oxygen atoms in total. The van der Waals surface area contributed by atoms with Crippen LogP contribution in [0.4, 0.5) is 0 Å². The molecule has 2 heterocycles. The molecule has 29 heavy (non-hydrogen) atoms. The number of imide groups is 1. The van der Waals surface area contributed by atoms with Gasteiger partial charge in [-0.1, -0.05) is 35.9 Å². The lowest BCUT2D eigenvalue weighted by atomic mass is 10.0. The van der Waals surface area contributed by atoms with Crippen LogP contribution in [0.1, 0.15) is 49.5 Å². The zero-order chi connectivity index (χ0) is 20.4. The van der Waals surface area contributed by atoms with Crippen molar-refractivity contribution in [1.82, 2.24) is 9.80 Å². The molecule has 0 saturated carbocycles. The van der Waals surface area contributed by atoms with Crippen LogP contribution in [-0.2, 0) is 6.54 Å². The van der Waals surface area contributed by atoms with Crippen LogP contribution in [0, 0.1) is 0 Å². The Hall–Kier alpha value is -3.25. The van der Waals surface area contributed by atoms with Gasteiger partial charge in [0.15, 0.2) is 0 Å². The second-order valence-electron chi connectivity index (χ2n) is 7.41. The molecule has 2 amide bonds. The van der Waals surface area contributed by atoms with Crippen molar-refractivity contribution in [3.8, 4) is 0 Å². The summed E-state index contributed by atoms with van der Waals surface area (Å²) in [6.45, 7) is 2.74. The highest BCUT2D eigenvalue weighted by Gasteiger charge is 2.34. The highest BCUT2D eigenvalue weighted by molar-refractivity contribution is 6.21. The molecule has 0 aliphatic carbocycles. The van der Waals surface area contributed by atoms with Gasteiger partial charge in [0.1, 0.15) is 0 Å². The minimum atomic E-state index is -0.916. The van der Waals surface area contributed by atoms with E-state index in [9.17, 15) is 14.4 Å². The average molecular weight is 390 g/mol. The number of hydrogen-bond donors (Lipinski definition) is 1. The van der Waals surface area contributed by atoms with Crippen molar-refractivity contribution < 1.29 is 19.5 Å². The minimum Gasteiger partial charge on any atom is -0.478 e. The highest BCUT2D eigenvalue weighted by Crippen LogP contribution is 2.24. The van der Waals surface area contributed by atoms with E-state index < -0.39 is 5.97 Å². The summed E-state index contributed by atoms with van der Waals surface area (Å²) in [6, 6.07) is 14.0. The quantitative estimate of drug-likeness (QED) is 0.605. The summed E-state index contributed by atoms with van der Waals surface area (Å²) in [5.74, 6) is -1.33. The summed E-state index contributed by atoms with van der Waals surface area (Å²) >= 11 is 0. The lowest BCUT2D eigenvalue weighted by molar-refractivity contribution is 0.0652. The molecule has 2 aliphatic heterocycles. The number of carbonyl (C=O) groups is 3. The third kappa shape index (κ3) is 3.98. The molecule has 0 fully saturated rings. The smallest absolute Gasteiger partial charge is 0.335 e. The maximum absolute atomic E-state index is 12.4. The highest BCUT2D eigenvalue weighted by atomic mass is 16.4. The lowest BCUT2D eigenvalue weighted by Gasteiger charge is -2.27. The average Bonchev–Trinajstić information content (AvgIpc) is 2.98. The second-order valence-corrected chi connectivity index (χ2v) is 7.41. The van der Waals surface area contributed by atoms with Crippen molar-refractivity contribution in [2.45, 2.75) is 19.4 Å². The Kier molecular flexibility index (Phi) is 5.27. The predicted molar refractivity (Wildman–Crippen MR) is 108 cm³/mol. The van der Waals surface area contributed by atoms with Gasteiger partial charge in [-0.15, -0.1) is 0 Å². The Labute approximate surface area is 169 Å². The molecule has 0 spiro atoms. The van der Waals surface area contributed by atoms with E-state index in [1.54, 1.807) is 42.5 Å². The minimum absolute atomic E-state index is 0.207. The predicted octanol–water partition coefficient (Wildman–Crippen LogP) is 3.20. The van der Waals surface area contributed by atoms with Crippen molar-refractivity contribution in [2.24, 2.45) is 0 Å². The van der Waals surface area contributed by atoms with Gasteiger partial charge < -0.3 is 5.11 Å². The first kappa shape index (κ1) is 19.1. The van der Waals surface area contributed by atoms with E-state index in [4.69, 9.17) is 5.11 Å². The molecule has 0 aromatic heterocycles. The Morgan fingerprint density at radius 3 is 2.34 bits per heavy atom. The van der Waals surface area contributed by atoms with E-state index in [1.165, 1.54) is 10.5 Å². The Morgan fingerprint density at radius 2 is 1.72 bits per heavy atom. The molecule has 2 aromatic carbocycles. The van der Waals surface area contributed by atoms with Crippen molar-refractivity contribution in [3.05, 3.63) is 82.4 Å². The molecule has 0 bridgehead atoms. The largest absolute Gasteiger partial charge is 0.478 e. The number of fused-ring (bicyclic) bond motifs is 1. The van der Waals surface area contributed by atoms with Crippen molar-refractivity contribution in [3.63, 3.8) is 0 Å². The van der Waals surface area contributed by atoms with Gasteiger partial charge in [0.2, 0.25) is 0 Å². The summed E-state index contributed by atoms with van der Waals surface area (Å²) in [4.78, 5) is 39.6. The summed E-state index contributed by atoms with van der Waals surface area (Å²) in [5.41, 5.74) is 3.51. The molecule has 2 aliphatic rings. The van der Waals surface area contributed by atoms with E-state index in [2.05, 4.69) is 11.0 Å². The zero-order valence-corrected chi connectivity index (χ0v) is 16.0. The molecule has 148 valence electrons. The fraction of sp³-hybridized carbons (Fsp3) is 0.261. The number of aromatic carboxylic acids is 1. The van der Waals surface area contributed by atoms with Crippen LogP contribution >= 0.6 is 0 Å². The summed E-state index contributed by atoms with van der Waals surface area (Å²) in [5, 5.41) is 9.12. The third-order valence-corrected chi connectivity index (χ3v) is 5.50. The topological polar surface area (TPSA) is 77.9 Å². The number of rotatable bonds is 6. The Bertz CT molecular complexity index is 976. The number of nitrogens with zero attached hydrogens (tertiary/aromatic N) is 2. The van der Waals surface area contributed by atoms with Gasteiger partial charge in [0, 0.05) is 26.2 Å². The van der Waals surface area contributed by atoms with Crippen LogP contribution in [0.3, 0.4) is 0 Å². The van der Waals surface area contributed by atoms with Gasteiger partial charge in [-0.25, -0.2) is 4.79 Å². The summed E-state index contributed by atoms with van der Waals surface area (Å²) in [7, 11) is 0. The standard InChI is InChI=1S/C23H22N2O4/c26-21-19-6-1-2-7-20(19)22(27)25(21)13-10-16-8-11-24(12-9-16)15-17-4-3-5-18(14-17)23(28)29/h1-8,14H,9-13,15H2,(H,28,29). The molecule has 6 heteroatoms. The number of carbonyl (C=O) groups excluding carboxylic acids is 2. The number of amides is 2. The van der Waals surface area contributed by atoms with Gasteiger partial charge >= 0.3 is 5.97 Å².